The quantitative estimate of drug-likeness (QED) is 0.554. The molecule has 0 spiro atoms. The van der Waals surface area contributed by atoms with Crippen LogP contribution in [0.2, 0.25) is 0 Å². The molecule has 0 amide bonds. The molecule has 0 aliphatic rings. The fourth-order valence-electron chi connectivity index (χ4n) is 0.880. The van der Waals surface area contributed by atoms with E-state index in [9.17, 15) is 0 Å². The fourth-order valence-corrected chi connectivity index (χ4v) is 0.880. The molecule has 53 valence electrons. The van der Waals surface area contributed by atoms with Gasteiger partial charge in [0.15, 0.2) is 0 Å². The summed E-state index contributed by atoms with van der Waals surface area (Å²) in [6, 6.07) is 7.94. The molecule has 2 aromatic rings. The van der Waals surface area contributed by atoms with Crippen LogP contribution in [0, 0.1) is 0 Å². The molecular weight excluding hydrogens is 151 g/mol. The second kappa shape index (κ2) is 4.51. The van der Waals surface area contributed by atoms with Crippen LogP contribution in [0.3, 0.4) is 0 Å². The number of benzene rings is 1. The number of aromatic amines is 1. The molecule has 1 aromatic heterocycles. The molecule has 3 N–H and O–H groups in total. The zero-order valence-corrected chi connectivity index (χ0v) is 8.33. The molecule has 0 unspecified atom stereocenters. The standard InChI is InChI=1S/C7H6N2.Na.H2O/c1-2-4-7-6(3-1)8-5-9-7;;/h1-5H,(H,8,9);;1H2. The van der Waals surface area contributed by atoms with Gasteiger partial charge in [-0.3, -0.25) is 0 Å². The summed E-state index contributed by atoms with van der Waals surface area (Å²) in [5.41, 5.74) is 2.12. The molecule has 0 fully saturated rings. The van der Waals surface area contributed by atoms with E-state index in [4.69, 9.17) is 0 Å². The summed E-state index contributed by atoms with van der Waals surface area (Å²) < 4.78 is 0. The second-order valence-electron chi connectivity index (χ2n) is 1.92. The van der Waals surface area contributed by atoms with Crippen molar-refractivity contribution in [3.63, 3.8) is 0 Å². The first-order chi connectivity index (χ1) is 4.47. The molecule has 0 atom stereocenters. The van der Waals surface area contributed by atoms with Crippen LogP contribution in [-0.4, -0.2) is 45.0 Å². The Hall–Kier alpha value is -0.350. The zero-order valence-electron chi connectivity index (χ0n) is 6.33. The van der Waals surface area contributed by atoms with Crippen LogP contribution in [0.15, 0.2) is 30.6 Å². The van der Waals surface area contributed by atoms with E-state index in [1.165, 1.54) is 0 Å². The third kappa shape index (κ3) is 2.04. The Morgan fingerprint density at radius 3 is 2.64 bits per heavy atom. The number of para-hydroxylation sites is 2. The summed E-state index contributed by atoms with van der Waals surface area (Å²) in [5, 5.41) is 0. The molecule has 2 rings (SSSR count). The van der Waals surface area contributed by atoms with Crippen molar-refractivity contribution in [3.8, 4) is 0 Å². The van der Waals surface area contributed by atoms with Crippen molar-refractivity contribution in [3.05, 3.63) is 30.6 Å². The predicted octanol–water partition coefficient (Wildman–Crippen LogP) is 0.357. The van der Waals surface area contributed by atoms with E-state index >= 15 is 0 Å². The third-order valence-electron chi connectivity index (χ3n) is 1.33. The number of hydrogen-bond acceptors (Lipinski definition) is 1. The Morgan fingerprint density at radius 1 is 1.18 bits per heavy atom. The molecule has 11 heavy (non-hydrogen) atoms. The van der Waals surface area contributed by atoms with Gasteiger partial charge in [-0.2, -0.15) is 0 Å². The maximum absolute atomic E-state index is 4.06. The van der Waals surface area contributed by atoms with E-state index < -0.39 is 0 Å². The Kier molecular flexibility index (Phi) is 4.37. The number of H-pyrrole nitrogens is 1. The fraction of sp³-hybridized carbons (Fsp3) is 0. The molecule has 1 aromatic carbocycles. The molecule has 0 saturated carbocycles. The number of hydrogen-bond donors (Lipinski definition) is 1. The number of nitrogens with zero attached hydrogens (tertiary/aromatic N) is 1. The van der Waals surface area contributed by atoms with Gasteiger partial charge in [0.1, 0.15) is 0 Å². The number of fused-ring (bicyclic) bond motifs is 1. The van der Waals surface area contributed by atoms with Crippen molar-refractivity contribution < 1.29 is 5.48 Å². The topological polar surface area (TPSA) is 60.2 Å². The second-order valence-corrected chi connectivity index (χ2v) is 1.92. The minimum atomic E-state index is 0. The molecule has 3 nitrogen and oxygen atoms in total. The van der Waals surface area contributed by atoms with Gasteiger partial charge in [0, 0.05) is 29.6 Å². The van der Waals surface area contributed by atoms with Crippen LogP contribution in [0.5, 0.6) is 0 Å². The number of rotatable bonds is 0. The van der Waals surface area contributed by atoms with Gasteiger partial charge in [0.25, 0.3) is 0 Å². The van der Waals surface area contributed by atoms with E-state index in [1.54, 1.807) is 6.33 Å². The largest absolute Gasteiger partial charge is 0.412 e. The van der Waals surface area contributed by atoms with Crippen molar-refractivity contribution in [2.45, 2.75) is 0 Å². The molecule has 1 radical (unpaired) electrons. The molecular formula is C7H8N2NaO. The van der Waals surface area contributed by atoms with Crippen LogP contribution < -0.4 is 0 Å². The van der Waals surface area contributed by atoms with Gasteiger partial charge < -0.3 is 10.5 Å². The summed E-state index contributed by atoms with van der Waals surface area (Å²) in [7, 11) is 0. The average Bonchev–Trinajstić information content (AvgIpc) is 2.33. The first kappa shape index (κ1) is 10.7. The normalized spacial score (nSPS) is 8.36. The van der Waals surface area contributed by atoms with Crippen LogP contribution in [0.25, 0.3) is 11.0 Å². The number of imidazole rings is 1. The zero-order chi connectivity index (χ0) is 6.10. The SMILES string of the molecule is O.[Na].c1ccc2[nH]cnc2c1. The van der Waals surface area contributed by atoms with Gasteiger partial charge in [-0.1, -0.05) is 12.1 Å². The summed E-state index contributed by atoms with van der Waals surface area (Å²) in [6.45, 7) is 0. The first-order valence-electron chi connectivity index (χ1n) is 2.85. The van der Waals surface area contributed by atoms with Gasteiger partial charge >= 0.3 is 0 Å². The van der Waals surface area contributed by atoms with Crippen molar-refractivity contribution in [2.24, 2.45) is 0 Å². The summed E-state index contributed by atoms with van der Waals surface area (Å²) in [5.74, 6) is 0. The molecule has 1 heterocycles. The van der Waals surface area contributed by atoms with E-state index in [1.807, 2.05) is 24.3 Å². The van der Waals surface area contributed by atoms with E-state index in [0.717, 1.165) is 11.0 Å². The first-order valence-corrected chi connectivity index (χ1v) is 2.85. The van der Waals surface area contributed by atoms with Crippen LogP contribution in [0.4, 0.5) is 0 Å². The Labute approximate surface area is 86.4 Å². The van der Waals surface area contributed by atoms with E-state index in [0.29, 0.717) is 0 Å². The van der Waals surface area contributed by atoms with Gasteiger partial charge in [-0.15, -0.1) is 0 Å². The Morgan fingerprint density at radius 2 is 1.91 bits per heavy atom. The Bertz CT molecular complexity index is 290. The maximum atomic E-state index is 4.06. The Balaban J connectivity index is 0.000000500. The number of aromatic nitrogens is 2. The van der Waals surface area contributed by atoms with Crippen LogP contribution >= 0.6 is 0 Å². The molecule has 0 aliphatic heterocycles. The predicted molar refractivity (Wildman–Crippen MR) is 45.5 cm³/mol. The van der Waals surface area contributed by atoms with Gasteiger partial charge in [-0.25, -0.2) is 4.98 Å². The molecule has 0 aliphatic carbocycles. The smallest absolute Gasteiger partial charge is 0.0931 e. The van der Waals surface area contributed by atoms with Gasteiger partial charge in [-0.05, 0) is 12.1 Å². The van der Waals surface area contributed by atoms with Crippen molar-refractivity contribution in [2.75, 3.05) is 0 Å². The maximum Gasteiger partial charge on any atom is 0.0931 e. The third-order valence-corrected chi connectivity index (χ3v) is 1.33. The van der Waals surface area contributed by atoms with Crippen molar-refractivity contribution in [1.82, 2.24) is 9.97 Å². The van der Waals surface area contributed by atoms with Crippen molar-refractivity contribution >= 4 is 40.6 Å². The summed E-state index contributed by atoms with van der Waals surface area (Å²) in [4.78, 5) is 7.07. The average molecular weight is 159 g/mol. The summed E-state index contributed by atoms with van der Waals surface area (Å²) in [6.07, 6.45) is 1.70. The van der Waals surface area contributed by atoms with E-state index in [-0.39, 0.29) is 35.0 Å². The molecule has 0 bridgehead atoms. The van der Waals surface area contributed by atoms with Crippen LogP contribution in [-0.2, 0) is 0 Å². The molecule has 0 saturated heterocycles. The van der Waals surface area contributed by atoms with Gasteiger partial charge in [0.2, 0.25) is 0 Å². The summed E-state index contributed by atoms with van der Waals surface area (Å²) >= 11 is 0. The van der Waals surface area contributed by atoms with Gasteiger partial charge in [0.05, 0.1) is 17.4 Å². The monoisotopic (exact) mass is 159 g/mol. The molecule has 4 heteroatoms. The van der Waals surface area contributed by atoms with Crippen molar-refractivity contribution in [1.29, 1.82) is 0 Å². The van der Waals surface area contributed by atoms with E-state index in [2.05, 4.69) is 9.97 Å². The number of nitrogens with one attached hydrogen (secondary N) is 1. The van der Waals surface area contributed by atoms with Crippen LogP contribution in [0.1, 0.15) is 0 Å². The minimum Gasteiger partial charge on any atom is -0.412 e. The minimum absolute atomic E-state index is 0.